The molecule has 1 aromatic heterocycles. The number of benzene rings is 1. The van der Waals surface area contributed by atoms with Gasteiger partial charge in [-0.2, -0.15) is 0 Å². The standard InChI is InChI=1S/C15H17ClN4O/c16-13-5-3-12(4-6-13)15-14(11-21)17-18-20(15)10-9-19-7-1-2-8-19/h3-6,11H,1-2,7-10H2. The van der Waals surface area contributed by atoms with E-state index in [1.54, 1.807) is 0 Å². The van der Waals surface area contributed by atoms with Crippen molar-refractivity contribution < 1.29 is 4.79 Å². The molecule has 6 heteroatoms. The first-order valence-corrected chi connectivity index (χ1v) is 7.52. The van der Waals surface area contributed by atoms with Crippen molar-refractivity contribution in [3.05, 3.63) is 35.0 Å². The second-order valence-corrected chi connectivity index (χ2v) is 5.66. The Kier molecular flexibility index (Phi) is 4.31. The van der Waals surface area contributed by atoms with E-state index in [4.69, 9.17) is 11.6 Å². The SMILES string of the molecule is O=Cc1nnn(CCN2CCCC2)c1-c1ccc(Cl)cc1. The van der Waals surface area contributed by atoms with Crippen LogP contribution in [0.15, 0.2) is 24.3 Å². The van der Waals surface area contributed by atoms with Crippen LogP contribution in [0.5, 0.6) is 0 Å². The topological polar surface area (TPSA) is 51.0 Å². The lowest BCUT2D eigenvalue weighted by Gasteiger charge is -2.15. The number of aromatic nitrogens is 3. The molecule has 0 atom stereocenters. The number of nitrogens with zero attached hydrogens (tertiary/aromatic N) is 4. The Labute approximate surface area is 128 Å². The average molecular weight is 305 g/mol. The van der Waals surface area contributed by atoms with Gasteiger partial charge in [0.05, 0.1) is 12.2 Å². The van der Waals surface area contributed by atoms with E-state index < -0.39 is 0 Å². The molecule has 1 saturated heterocycles. The highest BCUT2D eigenvalue weighted by Crippen LogP contribution is 2.23. The molecule has 1 aliphatic rings. The zero-order valence-corrected chi connectivity index (χ0v) is 12.5. The predicted octanol–water partition coefficient (Wildman–Crippen LogP) is 2.51. The Morgan fingerprint density at radius 3 is 2.52 bits per heavy atom. The molecular weight excluding hydrogens is 288 g/mol. The molecule has 1 aliphatic heterocycles. The number of carbonyl (C=O) groups is 1. The fourth-order valence-corrected chi connectivity index (χ4v) is 2.84. The number of rotatable bonds is 5. The lowest BCUT2D eigenvalue weighted by atomic mass is 10.1. The van der Waals surface area contributed by atoms with Crippen LogP contribution in [-0.4, -0.2) is 45.8 Å². The van der Waals surface area contributed by atoms with E-state index in [2.05, 4.69) is 15.2 Å². The number of hydrogen-bond donors (Lipinski definition) is 0. The molecule has 0 saturated carbocycles. The van der Waals surface area contributed by atoms with Gasteiger partial charge in [-0.1, -0.05) is 28.9 Å². The minimum Gasteiger partial charge on any atom is -0.301 e. The van der Waals surface area contributed by atoms with Crippen molar-refractivity contribution in [2.24, 2.45) is 0 Å². The van der Waals surface area contributed by atoms with Gasteiger partial charge in [0.25, 0.3) is 0 Å². The Balaban J connectivity index is 1.84. The van der Waals surface area contributed by atoms with E-state index in [0.29, 0.717) is 10.7 Å². The summed E-state index contributed by atoms with van der Waals surface area (Å²) < 4.78 is 1.81. The maximum atomic E-state index is 11.2. The van der Waals surface area contributed by atoms with Crippen LogP contribution in [0.2, 0.25) is 5.02 Å². The van der Waals surface area contributed by atoms with Crippen LogP contribution < -0.4 is 0 Å². The molecule has 0 spiro atoms. The van der Waals surface area contributed by atoms with E-state index in [1.165, 1.54) is 12.8 Å². The monoisotopic (exact) mass is 304 g/mol. The van der Waals surface area contributed by atoms with E-state index in [0.717, 1.165) is 43.7 Å². The van der Waals surface area contributed by atoms with Gasteiger partial charge in [-0.05, 0) is 38.1 Å². The van der Waals surface area contributed by atoms with Crippen LogP contribution in [0.4, 0.5) is 0 Å². The van der Waals surface area contributed by atoms with Gasteiger partial charge in [-0.3, -0.25) is 4.79 Å². The van der Waals surface area contributed by atoms with Gasteiger partial charge >= 0.3 is 0 Å². The van der Waals surface area contributed by atoms with Gasteiger partial charge in [0, 0.05) is 17.1 Å². The Morgan fingerprint density at radius 1 is 1.14 bits per heavy atom. The third-order valence-electron chi connectivity index (χ3n) is 3.82. The average Bonchev–Trinajstić information content (AvgIpc) is 3.15. The zero-order chi connectivity index (χ0) is 14.7. The van der Waals surface area contributed by atoms with E-state index in [9.17, 15) is 4.79 Å². The Bertz CT molecular complexity index is 617. The summed E-state index contributed by atoms with van der Waals surface area (Å²) in [6.45, 7) is 3.96. The maximum Gasteiger partial charge on any atom is 0.172 e. The predicted molar refractivity (Wildman–Crippen MR) is 81.5 cm³/mol. The number of carbonyl (C=O) groups excluding carboxylic acids is 1. The Morgan fingerprint density at radius 2 is 1.86 bits per heavy atom. The zero-order valence-electron chi connectivity index (χ0n) is 11.7. The largest absolute Gasteiger partial charge is 0.301 e. The van der Waals surface area contributed by atoms with Crippen LogP contribution in [0.3, 0.4) is 0 Å². The second-order valence-electron chi connectivity index (χ2n) is 5.22. The van der Waals surface area contributed by atoms with Gasteiger partial charge in [-0.15, -0.1) is 5.10 Å². The van der Waals surface area contributed by atoms with Crippen molar-refractivity contribution in [2.75, 3.05) is 19.6 Å². The normalized spacial score (nSPS) is 15.5. The number of hydrogen-bond acceptors (Lipinski definition) is 4. The number of halogens is 1. The molecule has 1 aromatic carbocycles. The summed E-state index contributed by atoms with van der Waals surface area (Å²) in [6.07, 6.45) is 3.28. The summed E-state index contributed by atoms with van der Waals surface area (Å²) in [5.74, 6) is 0. The molecule has 110 valence electrons. The molecule has 21 heavy (non-hydrogen) atoms. The van der Waals surface area contributed by atoms with Crippen molar-refractivity contribution in [3.63, 3.8) is 0 Å². The minimum absolute atomic E-state index is 0.374. The highest BCUT2D eigenvalue weighted by Gasteiger charge is 2.16. The van der Waals surface area contributed by atoms with Crippen molar-refractivity contribution >= 4 is 17.9 Å². The van der Waals surface area contributed by atoms with Gasteiger partial charge < -0.3 is 4.90 Å². The molecule has 0 N–H and O–H groups in total. The number of aldehydes is 1. The summed E-state index contributed by atoms with van der Waals surface area (Å²) in [5.41, 5.74) is 2.05. The molecule has 2 aromatic rings. The van der Waals surface area contributed by atoms with E-state index in [1.807, 2.05) is 28.9 Å². The van der Waals surface area contributed by atoms with Gasteiger partial charge in [-0.25, -0.2) is 4.68 Å². The van der Waals surface area contributed by atoms with Crippen molar-refractivity contribution in [3.8, 4) is 11.3 Å². The highest BCUT2D eigenvalue weighted by molar-refractivity contribution is 6.30. The molecule has 2 heterocycles. The minimum atomic E-state index is 0.374. The van der Waals surface area contributed by atoms with Crippen LogP contribution in [0.25, 0.3) is 11.3 Å². The van der Waals surface area contributed by atoms with Gasteiger partial charge in [0.15, 0.2) is 12.0 Å². The fraction of sp³-hybridized carbons (Fsp3) is 0.400. The molecule has 0 amide bonds. The molecule has 0 bridgehead atoms. The van der Waals surface area contributed by atoms with Crippen LogP contribution in [-0.2, 0) is 6.54 Å². The van der Waals surface area contributed by atoms with Crippen LogP contribution in [0, 0.1) is 0 Å². The van der Waals surface area contributed by atoms with Crippen molar-refractivity contribution in [1.29, 1.82) is 0 Å². The molecule has 0 radical (unpaired) electrons. The quantitative estimate of drug-likeness (QED) is 0.797. The Hall–Kier alpha value is -1.72. The van der Waals surface area contributed by atoms with E-state index in [-0.39, 0.29) is 0 Å². The highest BCUT2D eigenvalue weighted by atomic mass is 35.5. The van der Waals surface area contributed by atoms with Crippen LogP contribution >= 0.6 is 11.6 Å². The lowest BCUT2D eigenvalue weighted by molar-refractivity contribution is 0.111. The molecule has 1 fully saturated rings. The first-order valence-electron chi connectivity index (χ1n) is 7.15. The second kappa shape index (κ2) is 6.37. The molecule has 5 nitrogen and oxygen atoms in total. The maximum absolute atomic E-state index is 11.2. The first kappa shape index (κ1) is 14.2. The summed E-state index contributed by atoms with van der Waals surface area (Å²) >= 11 is 5.92. The van der Waals surface area contributed by atoms with Crippen molar-refractivity contribution in [2.45, 2.75) is 19.4 Å². The molecule has 3 rings (SSSR count). The summed E-state index contributed by atoms with van der Waals surface area (Å²) in [4.78, 5) is 13.6. The molecule has 0 aliphatic carbocycles. The summed E-state index contributed by atoms with van der Waals surface area (Å²) in [7, 11) is 0. The smallest absolute Gasteiger partial charge is 0.172 e. The molecular formula is C15H17ClN4O. The lowest BCUT2D eigenvalue weighted by Crippen LogP contribution is -2.24. The van der Waals surface area contributed by atoms with Gasteiger partial charge in [0.1, 0.15) is 0 Å². The number of likely N-dealkylation sites (tertiary alicyclic amines) is 1. The fourth-order valence-electron chi connectivity index (χ4n) is 2.71. The van der Waals surface area contributed by atoms with E-state index >= 15 is 0 Å². The van der Waals surface area contributed by atoms with Crippen LogP contribution in [0.1, 0.15) is 23.3 Å². The third kappa shape index (κ3) is 3.14. The molecule has 0 unspecified atom stereocenters. The third-order valence-corrected chi connectivity index (χ3v) is 4.07. The first-order chi connectivity index (χ1) is 10.3. The summed E-state index contributed by atoms with van der Waals surface area (Å²) in [5, 5.41) is 8.76. The summed E-state index contributed by atoms with van der Waals surface area (Å²) in [6, 6.07) is 7.40. The van der Waals surface area contributed by atoms with Crippen molar-refractivity contribution in [1.82, 2.24) is 19.9 Å². The van der Waals surface area contributed by atoms with Gasteiger partial charge in [0.2, 0.25) is 0 Å².